The van der Waals surface area contributed by atoms with E-state index in [1.165, 1.54) is 11.3 Å². The molecule has 0 amide bonds. The van der Waals surface area contributed by atoms with Crippen molar-refractivity contribution in [3.8, 4) is 0 Å². The molecule has 0 aliphatic rings. The molecule has 21 heavy (non-hydrogen) atoms. The third-order valence-electron chi connectivity index (χ3n) is 2.78. The molecule has 0 aliphatic heterocycles. The Labute approximate surface area is 128 Å². The molecule has 2 aromatic rings. The summed E-state index contributed by atoms with van der Waals surface area (Å²) in [5, 5.41) is 23.2. The molecule has 9 heteroatoms. The number of anilines is 2. The Bertz CT molecular complexity index is 725. The van der Waals surface area contributed by atoms with Crippen LogP contribution in [0.3, 0.4) is 0 Å². The normalized spacial score (nSPS) is 10.4. The molecule has 0 spiro atoms. The first-order valence-electron chi connectivity index (χ1n) is 5.72. The van der Waals surface area contributed by atoms with Gasteiger partial charge in [-0.25, -0.2) is 9.78 Å². The molecule has 7 nitrogen and oxygen atoms in total. The summed E-state index contributed by atoms with van der Waals surface area (Å²) >= 11 is 7.31. The molecule has 1 heterocycles. The van der Waals surface area contributed by atoms with Crippen molar-refractivity contribution in [3.63, 3.8) is 0 Å². The van der Waals surface area contributed by atoms with Gasteiger partial charge in [0.25, 0.3) is 5.69 Å². The van der Waals surface area contributed by atoms with Gasteiger partial charge in [0.05, 0.1) is 26.9 Å². The quantitative estimate of drug-likeness (QED) is 0.654. The van der Waals surface area contributed by atoms with Crippen LogP contribution in [-0.2, 0) is 0 Å². The van der Waals surface area contributed by atoms with E-state index in [4.69, 9.17) is 11.6 Å². The van der Waals surface area contributed by atoms with Gasteiger partial charge in [0.1, 0.15) is 0 Å². The fraction of sp³-hybridized carbons (Fsp3) is 0.167. The number of carboxylic acid groups (broad SMARTS) is 1. The molecule has 2 N–H and O–H groups in total. The van der Waals surface area contributed by atoms with Gasteiger partial charge in [-0.05, 0) is 13.8 Å². The SMILES string of the molecule is Cc1nc(Nc2c(Cl)cc([N+](=O)[O-])cc2C(=O)O)sc1C. The molecule has 0 unspecified atom stereocenters. The Balaban J connectivity index is 2.51. The molecule has 0 saturated carbocycles. The van der Waals surface area contributed by atoms with Gasteiger partial charge in [-0.1, -0.05) is 11.6 Å². The first-order chi connectivity index (χ1) is 9.79. The molecule has 110 valence electrons. The van der Waals surface area contributed by atoms with Crippen LogP contribution in [0.4, 0.5) is 16.5 Å². The summed E-state index contributed by atoms with van der Waals surface area (Å²) in [6.07, 6.45) is 0. The average Bonchev–Trinajstić information content (AvgIpc) is 2.70. The lowest BCUT2D eigenvalue weighted by Crippen LogP contribution is -2.05. The van der Waals surface area contributed by atoms with Gasteiger partial charge in [-0.3, -0.25) is 10.1 Å². The predicted octanol–water partition coefficient (Wildman–Crippen LogP) is 3.76. The second-order valence-electron chi connectivity index (χ2n) is 4.20. The molecule has 2 rings (SSSR count). The van der Waals surface area contributed by atoms with Gasteiger partial charge in [0.15, 0.2) is 5.13 Å². The minimum atomic E-state index is -1.31. The molecule has 0 fully saturated rings. The van der Waals surface area contributed by atoms with Crippen molar-refractivity contribution in [3.05, 3.63) is 43.4 Å². The van der Waals surface area contributed by atoms with Crippen LogP contribution in [0.25, 0.3) is 0 Å². The molecule has 0 aliphatic carbocycles. The van der Waals surface area contributed by atoms with E-state index in [0.717, 1.165) is 22.7 Å². The molecule has 0 radical (unpaired) electrons. The lowest BCUT2D eigenvalue weighted by atomic mass is 10.1. The second kappa shape index (κ2) is 5.66. The Kier molecular flexibility index (Phi) is 4.10. The lowest BCUT2D eigenvalue weighted by Gasteiger charge is -2.09. The lowest BCUT2D eigenvalue weighted by molar-refractivity contribution is -0.384. The van der Waals surface area contributed by atoms with E-state index in [9.17, 15) is 20.0 Å². The fourth-order valence-electron chi connectivity index (χ4n) is 1.63. The van der Waals surface area contributed by atoms with Crippen molar-refractivity contribution in [2.75, 3.05) is 5.32 Å². The Morgan fingerprint density at radius 1 is 1.48 bits per heavy atom. The maximum absolute atomic E-state index is 11.3. The maximum Gasteiger partial charge on any atom is 0.338 e. The van der Waals surface area contributed by atoms with Crippen LogP contribution in [0, 0.1) is 24.0 Å². The van der Waals surface area contributed by atoms with Crippen molar-refractivity contribution < 1.29 is 14.8 Å². The monoisotopic (exact) mass is 327 g/mol. The molecular weight excluding hydrogens is 318 g/mol. The number of hydrogen-bond donors (Lipinski definition) is 2. The van der Waals surface area contributed by atoms with Gasteiger partial charge < -0.3 is 10.4 Å². The van der Waals surface area contributed by atoms with Crippen molar-refractivity contribution in [2.45, 2.75) is 13.8 Å². The number of nitrogens with zero attached hydrogens (tertiary/aromatic N) is 2. The van der Waals surface area contributed by atoms with Gasteiger partial charge in [-0.2, -0.15) is 0 Å². The number of halogens is 1. The highest BCUT2D eigenvalue weighted by molar-refractivity contribution is 7.15. The van der Waals surface area contributed by atoms with Crippen molar-refractivity contribution in [2.24, 2.45) is 0 Å². The molecule has 0 saturated heterocycles. The summed E-state index contributed by atoms with van der Waals surface area (Å²) in [5.41, 5.74) is 0.245. The standard InChI is InChI=1S/C12H10ClN3O4S/c1-5-6(2)21-12(14-5)15-10-8(11(17)18)3-7(16(19)20)4-9(10)13/h3-4H,1-2H3,(H,14,15)(H,17,18). The van der Waals surface area contributed by atoms with E-state index in [-0.39, 0.29) is 22.0 Å². The van der Waals surface area contributed by atoms with E-state index in [0.29, 0.717) is 5.13 Å². The zero-order valence-electron chi connectivity index (χ0n) is 11.0. The molecule has 0 atom stereocenters. The number of nitro groups is 1. The number of rotatable bonds is 4. The van der Waals surface area contributed by atoms with Crippen LogP contribution in [0.2, 0.25) is 5.02 Å². The van der Waals surface area contributed by atoms with Crippen LogP contribution in [0.1, 0.15) is 20.9 Å². The molecule has 1 aromatic carbocycles. The highest BCUT2D eigenvalue weighted by Crippen LogP contribution is 2.35. The number of aromatic carboxylic acids is 1. The Morgan fingerprint density at radius 3 is 2.62 bits per heavy atom. The summed E-state index contributed by atoms with van der Waals surface area (Å²) in [6, 6.07) is 2.06. The minimum Gasteiger partial charge on any atom is -0.478 e. The number of carbonyl (C=O) groups is 1. The first kappa shape index (κ1) is 15.2. The smallest absolute Gasteiger partial charge is 0.338 e. The Morgan fingerprint density at radius 2 is 2.14 bits per heavy atom. The van der Waals surface area contributed by atoms with Gasteiger partial charge in [-0.15, -0.1) is 11.3 Å². The first-order valence-corrected chi connectivity index (χ1v) is 6.91. The van der Waals surface area contributed by atoms with Gasteiger partial charge in [0, 0.05) is 17.0 Å². The number of aryl methyl sites for hydroxylation is 2. The van der Waals surface area contributed by atoms with Crippen LogP contribution >= 0.6 is 22.9 Å². The number of aromatic nitrogens is 1. The summed E-state index contributed by atoms with van der Waals surface area (Å²) in [5.74, 6) is -1.31. The third kappa shape index (κ3) is 3.11. The van der Waals surface area contributed by atoms with Crippen LogP contribution in [-0.4, -0.2) is 21.0 Å². The van der Waals surface area contributed by atoms with Crippen molar-refractivity contribution >= 4 is 45.4 Å². The molecular formula is C12H10ClN3O4S. The summed E-state index contributed by atoms with van der Waals surface area (Å²) < 4.78 is 0. The van der Waals surface area contributed by atoms with Crippen LogP contribution in [0.5, 0.6) is 0 Å². The number of nitro benzene ring substituents is 1. The van der Waals surface area contributed by atoms with E-state index >= 15 is 0 Å². The zero-order valence-corrected chi connectivity index (χ0v) is 12.6. The predicted molar refractivity (Wildman–Crippen MR) is 79.9 cm³/mol. The fourth-order valence-corrected chi connectivity index (χ4v) is 2.71. The van der Waals surface area contributed by atoms with Crippen molar-refractivity contribution in [1.29, 1.82) is 0 Å². The summed E-state index contributed by atoms with van der Waals surface area (Å²) in [4.78, 5) is 26.6. The zero-order chi connectivity index (χ0) is 15.7. The van der Waals surface area contributed by atoms with E-state index in [1.54, 1.807) is 0 Å². The maximum atomic E-state index is 11.3. The van der Waals surface area contributed by atoms with Crippen LogP contribution in [0.15, 0.2) is 12.1 Å². The van der Waals surface area contributed by atoms with Crippen LogP contribution < -0.4 is 5.32 Å². The number of carboxylic acids is 1. The van der Waals surface area contributed by atoms with E-state index in [1.807, 2.05) is 13.8 Å². The number of non-ortho nitro benzene ring substituents is 1. The average molecular weight is 328 g/mol. The Hall–Kier alpha value is -2.19. The molecule has 1 aromatic heterocycles. The third-order valence-corrected chi connectivity index (χ3v) is 4.06. The number of nitrogens with one attached hydrogen (secondary N) is 1. The minimum absolute atomic E-state index is 0.0490. The highest BCUT2D eigenvalue weighted by Gasteiger charge is 2.21. The van der Waals surface area contributed by atoms with E-state index < -0.39 is 10.9 Å². The topological polar surface area (TPSA) is 105 Å². The van der Waals surface area contributed by atoms with Gasteiger partial charge >= 0.3 is 5.97 Å². The van der Waals surface area contributed by atoms with Gasteiger partial charge in [0.2, 0.25) is 0 Å². The molecule has 0 bridgehead atoms. The summed E-state index contributed by atoms with van der Waals surface area (Å²) in [7, 11) is 0. The summed E-state index contributed by atoms with van der Waals surface area (Å²) in [6.45, 7) is 3.71. The number of thiazole rings is 1. The van der Waals surface area contributed by atoms with E-state index in [2.05, 4.69) is 10.3 Å². The largest absolute Gasteiger partial charge is 0.478 e. The number of benzene rings is 1. The highest BCUT2D eigenvalue weighted by atomic mass is 35.5. The second-order valence-corrected chi connectivity index (χ2v) is 5.81. The number of hydrogen-bond acceptors (Lipinski definition) is 6. The van der Waals surface area contributed by atoms with Crippen molar-refractivity contribution in [1.82, 2.24) is 4.98 Å².